The predicted octanol–water partition coefficient (Wildman–Crippen LogP) is 3.33. The van der Waals surface area contributed by atoms with E-state index in [0.717, 1.165) is 23.4 Å². The van der Waals surface area contributed by atoms with Crippen molar-refractivity contribution in [3.05, 3.63) is 22.9 Å². The average Bonchev–Trinajstić information content (AvgIpc) is 2.27. The fraction of sp³-hybridized carbons (Fsp3) is 0.538. The van der Waals surface area contributed by atoms with Gasteiger partial charge in [0.2, 0.25) is 0 Å². The Kier molecular flexibility index (Phi) is 3.50. The Morgan fingerprint density at radius 3 is 2.81 bits per heavy atom. The number of thioether (sulfide) groups is 1. The van der Waals surface area contributed by atoms with Gasteiger partial charge in [-0.25, -0.2) is 4.98 Å². The van der Waals surface area contributed by atoms with E-state index in [1.165, 1.54) is 24.1 Å². The molecular weight excluding hydrogens is 216 g/mol. The zero-order valence-electron chi connectivity index (χ0n) is 9.79. The van der Waals surface area contributed by atoms with Crippen molar-refractivity contribution in [1.82, 2.24) is 4.98 Å². The summed E-state index contributed by atoms with van der Waals surface area (Å²) in [4.78, 5) is 4.66. The molecule has 0 radical (unpaired) electrons. The molecule has 3 heteroatoms. The molecule has 0 fully saturated rings. The number of aromatic nitrogens is 1. The van der Waals surface area contributed by atoms with Gasteiger partial charge in [0.25, 0.3) is 0 Å². The first-order chi connectivity index (χ1) is 7.70. The number of hydrogen-bond donors (Lipinski definition) is 0. The van der Waals surface area contributed by atoms with Crippen LogP contribution in [0.4, 0.5) is 0 Å². The van der Waals surface area contributed by atoms with Gasteiger partial charge in [-0.3, -0.25) is 0 Å². The Bertz CT molecular complexity index is 432. The van der Waals surface area contributed by atoms with Gasteiger partial charge in [-0.15, -0.1) is 11.8 Å². The van der Waals surface area contributed by atoms with E-state index in [-0.39, 0.29) is 0 Å². The molecule has 0 saturated heterocycles. The van der Waals surface area contributed by atoms with Crippen LogP contribution >= 0.6 is 11.8 Å². The van der Waals surface area contributed by atoms with E-state index in [0.29, 0.717) is 5.25 Å². The highest BCUT2D eigenvalue weighted by Crippen LogP contribution is 2.29. The van der Waals surface area contributed by atoms with E-state index in [9.17, 15) is 0 Å². The lowest BCUT2D eigenvalue weighted by Gasteiger charge is -2.17. The second-order valence-electron chi connectivity index (χ2n) is 4.43. The molecule has 1 aliphatic rings. The monoisotopic (exact) mass is 232 g/mol. The van der Waals surface area contributed by atoms with Crippen molar-refractivity contribution in [2.24, 2.45) is 0 Å². The summed E-state index contributed by atoms with van der Waals surface area (Å²) in [5.41, 5.74) is 3.25. The van der Waals surface area contributed by atoms with Gasteiger partial charge < -0.3 is 0 Å². The van der Waals surface area contributed by atoms with Gasteiger partial charge in [0.05, 0.1) is 5.56 Å². The molecule has 0 spiro atoms. The SMILES string of the molecule is CC(C)Sc1nc2c(cc1C#N)CCCC2. The highest BCUT2D eigenvalue weighted by Gasteiger charge is 2.15. The van der Waals surface area contributed by atoms with Gasteiger partial charge in [0.1, 0.15) is 11.1 Å². The second-order valence-corrected chi connectivity index (χ2v) is 6.00. The molecule has 0 atom stereocenters. The molecule has 0 amide bonds. The summed E-state index contributed by atoms with van der Waals surface area (Å²) in [5, 5.41) is 10.5. The first-order valence-electron chi connectivity index (χ1n) is 5.80. The molecule has 2 rings (SSSR count). The first kappa shape index (κ1) is 11.5. The van der Waals surface area contributed by atoms with Crippen LogP contribution in [0, 0.1) is 11.3 Å². The molecule has 1 heterocycles. The van der Waals surface area contributed by atoms with Crippen molar-refractivity contribution >= 4 is 11.8 Å². The highest BCUT2D eigenvalue weighted by molar-refractivity contribution is 7.99. The molecule has 2 nitrogen and oxygen atoms in total. The van der Waals surface area contributed by atoms with Crippen LogP contribution in [0.25, 0.3) is 0 Å². The third kappa shape index (κ3) is 2.38. The van der Waals surface area contributed by atoms with Crippen LogP contribution in [-0.4, -0.2) is 10.2 Å². The minimum absolute atomic E-state index is 0.473. The minimum atomic E-state index is 0.473. The van der Waals surface area contributed by atoms with Gasteiger partial charge in [-0.2, -0.15) is 5.26 Å². The number of aryl methyl sites for hydroxylation is 2. The molecule has 0 saturated carbocycles. The summed E-state index contributed by atoms with van der Waals surface area (Å²) in [6.45, 7) is 4.26. The average molecular weight is 232 g/mol. The Labute approximate surface area is 101 Å². The Morgan fingerprint density at radius 1 is 1.38 bits per heavy atom. The maximum absolute atomic E-state index is 9.13. The van der Waals surface area contributed by atoms with E-state index in [1.54, 1.807) is 11.8 Å². The molecule has 1 aliphatic carbocycles. The van der Waals surface area contributed by atoms with E-state index in [4.69, 9.17) is 5.26 Å². The molecule has 0 unspecified atom stereocenters. The van der Waals surface area contributed by atoms with Crippen molar-refractivity contribution < 1.29 is 0 Å². The third-order valence-electron chi connectivity index (χ3n) is 2.73. The van der Waals surface area contributed by atoms with Crippen molar-refractivity contribution in [1.29, 1.82) is 5.26 Å². The van der Waals surface area contributed by atoms with Gasteiger partial charge in [0.15, 0.2) is 0 Å². The van der Waals surface area contributed by atoms with Gasteiger partial charge in [-0.05, 0) is 37.3 Å². The van der Waals surface area contributed by atoms with Gasteiger partial charge >= 0.3 is 0 Å². The third-order valence-corrected chi connectivity index (χ3v) is 3.74. The second kappa shape index (κ2) is 4.88. The summed E-state index contributed by atoms with van der Waals surface area (Å²) in [7, 11) is 0. The maximum atomic E-state index is 9.13. The summed E-state index contributed by atoms with van der Waals surface area (Å²) in [5.74, 6) is 0. The standard InChI is InChI=1S/C13H16N2S/c1-9(2)16-13-11(8-14)7-10-5-3-4-6-12(10)15-13/h7,9H,3-6H2,1-2H3. The van der Waals surface area contributed by atoms with E-state index in [2.05, 4.69) is 24.9 Å². The van der Waals surface area contributed by atoms with Crippen LogP contribution in [0.3, 0.4) is 0 Å². The van der Waals surface area contributed by atoms with Gasteiger partial charge in [0, 0.05) is 10.9 Å². The van der Waals surface area contributed by atoms with E-state index in [1.807, 2.05) is 6.07 Å². The zero-order valence-corrected chi connectivity index (χ0v) is 10.6. The number of hydrogen-bond acceptors (Lipinski definition) is 3. The van der Waals surface area contributed by atoms with Crippen molar-refractivity contribution in [2.75, 3.05) is 0 Å². The normalized spacial score (nSPS) is 14.6. The number of nitriles is 1. The molecule has 1 aromatic rings. The predicted molar refractivity (Wildman–Crippen MR) is 66.6 cm³/mol. The molecule has 0 bridgehead atoms. The lowest BCUT2D eigenvalue weighted by atomic mass is 9.95. The maximum Gasteiger partial charge on any atom is 0.114 e. The summed E-state index contributed by atoms with van der Waals surface area (Å²) >= 11 is 1.69. The highest BCUT2D eigenvalue weighted by atomic mass is 32.2. The fourth-order valence-corrected chi connectivity index (χ4v) is 2.85. The Morgan fingerprint density at radius 2 is 2.12 bits per heavy atom. The molecular formula is C13H16N2S. The molecule has 0 aliphatic heterocycles. The summed E-state index contributed by atoms with van der Waals surface area (Å²) < 4.78 is 0. The van der Waals surface area contributed by atoms with Crippen LogP contribution in [0.2, 0.25) is 0 Å². The number of rotatable bonds is 2. The quantitative estimate of drug-likeness (QED) is 0.734. The van der Waals surface area contributed by atoms with Crippen LogP contribution < -0.4 is 0 Å². The molecule has 84 valence electrons. The lowest BCUT2D eigenvalue weighted by molar-refractivity contribution is 0.660. The van der Waals surface area contributed by atoms with Crippen LogP contribution in [0.15, 0.2) is 11.1 Å². The largest absolute Gasteiger partial charge is 0.245 e. The van der Waals surface area contributed by atoms with E-state index >= 15 is 0 Å². The molecule has 16 heavy (non-hydrogen) atoms. The minimum Gasteiger partial charge on any atom is -0.245 e. The Balaban J connectivity index is 2.40. The van der Waals surface area contributed by atoms with Crippen molar-refractivity contribution in [3.8, 4) is 6.07 Å². The zero-order chi connectivity index (χ0) is 11.5. The van der Waals surface area contributed by atoms with Crippen molar-refractivity contribution in [2.45, 2.75) is 49.8 Å². The molecule has 0 N–H and O–H groups in total. The number of nitrogens with zero attached hydrogens (tertiary/aromatic N) is 2. The molecule has 1 aromatic heterocycles. The molecule has 0 aromatic carbocycles. The first-order valence-corrected chi connectivity index (χ1v) is 6.68. The number of pyridine rings is 1. The topological polar surface area (TPSA) is 36.7 Å². The fourth-order valence-electron chi connectivity index (χ4n) is 2.01. The van der Waals surface area contributed by atoms with Crippen molar-refractivity contribution in [3.63, 3.8) is 0 Å². The van der Waals surface area contributed by atoms with Crippen LogP contribution in [0.5, 0.6) is 0 Å². The lowest BCUT2D eigenvalue weighted by Crippen LogP contribution is -2.07. The summed E-state index contributed by atoms with van der Waals surface area (Å²) in [6, 6.07) is 4.32. The van der Waals surface area contributed by atoms with Gasteiger partial charge in [-0.1, -0.05) is 13.8 Å². The van der Waals surface area contributed by atoms with E-state index < -0.39 is 0 Å². The summed E-state index contributed by atoms with van der Waals surface area (Å²) in [6.07, 6.45) is 4.63. The number of fused-ring (bicyclic) bond motifs is 1. The Hall–Kier alpha value is -1.01. The smallest absolute Gasteiger partial charge is 0.114 e. The van der Waals surface area contributed by atoms with Crippen LogP contribution in [0.1, 0.15) is 43.5 Å². The van der Waals surface area contributed by atoms with Crippen LogP contribution in [-0.2, 0) is 12.8 Å².